The molecule has 4 rings (SSSR count). The number of carbonyl (C=O) groups excluding carboxylic acids is 2. The van der Waals surface area contributed by atoms with E-state index < -0.39 is 6.04 Å². The van der Waals surface area contributed by atoms with Crippen molar-refractivity contribution in [2.24, 2.45) is 0 Å². The Morgan fingerprint density at radius 3 is 2.21 bits per heavy atom. The van der Waals surface area contributed by atoms with E-state index in [4.69, 9.17) is 5.10 Å². The van der Waals surface area contributed by atoms with E-state index in [0.717, 1.165) is 35.3 Å². The Morgan fingerprint density at radius 2 is 1.55 bits per heavy atom. The number of rotatable bonds is 12. The molecule has 6 heteroatoms. The third kappa shape index (κ3) is 8.19. The zero-order valence-corrected chi connectivity index (χ0v) is 25.6. The summed E-state index contributed by atoms with van der Waals surface area (Å²) in [4.78, 5) is 27.2. The molecule has 0 spiro atoms. The maximum Gasteiger partial charge on any atom is 0.251 e. The lowest BCUT2D eigenvalue weighted by molar-refractivity contribution is -0.118. The third-order valence-electron chi connectivity index (χ3n) is 7.51. The van der Waals surface area contributed by atoms with Gasteiger partial charge in [0.05, 0.1) is 11.4 Å². The van der Waals surface area contributed by atoms with Gasteiger partial charge in [-0.1, -0.05) is 108 Å². The summed E-state index contributed by atoms with van der Waals surface area (Å²) in [6.45, 7) is 10.5. The second kappa shape index (κ2) is 14.1. The lowest BCUT2D eigenvalue weighted by Gasteiger charge is -2.19. The van der Waals surface area contributed by atoms with Gasteiger partial charge in [0.15, 0.2) is 0 Å². The molecule has 0 saturated carbocycles. The molecule has 2 N–H and O–H groups in total. The zero-order valence-electron chi connectivity index (χ0n) is 25.6. The molecule has 1 atom stereocenters. The van der Waals surface area contributed by atoms with Gasteiger partial charge in [-0.3, -0.25) is 9.59 Å². The first-order valence-corrected chi connectivity index (χ1v) is 15.1. The molecule has 2 amide bonds. The first-order valence-electron chi connectivity index (χ1n) is 15.1. The number of aromatic nitrogens is 2. The topological polar surface area (TPSA) is 76.0 Å². The van der Waals surface area contributed by atoms with Gasteiger partial charge in [0.1, 0.15) is 11.9 Å². The smallest absolute Gasteiger partial charge is 0.251 e. The molecular formula is C36H44N4O2. The second-order valence-electron chi connectivity index (χ2n) is 12.1. The van der Waals surface area contributed by atoms with Gasteiger partial charge in [-0.2, -0.15) is 5.10 Å². The number of anilines is 1. The lowest BCUT2D eigenvalue weighted by atomic mass is 9.92. The Balaban J connectivity index is 1.57. The number of nitrogens with one attached hydrogen (secondary N) is 2. The van der Waals surface area contributed by atoms with Crippen LogP contribution < -0.4 is 10.6 Å². The number of carbonyl (C=O) groups is 2. The molecule has 1 heterocycles. The van der Waals surface area contributed by atoms with Crippen LogP contribution in [0, 0.1) is 6.92 Å². The van der Waals surface area contributed by atoms with Crippen LogP contribution in [0.15, 0.2) is 84.9 Å². The molecule has 0 aliphatic rings. The number of amides is 2. The van der Waals surface area contributed by atoms with Crippen molar-refractivity contribution in [3.8, 4) is 5.69 Å². The van der Waals surface area contributed by atoms with Crippen LogP contribution >= 0.6 is 0 Å². The Hall–Kier alpha value is -4.19. The number of hydrogen-bond donors (Lipinski definition) is 2. The molecular weight excluding hydrogens is 520 g/mol. The summed E-state index contributed by atoms with van der Waals surface area (Å²) in [7, 11) is 0. The molecule has 3 aromatic carbocycles. The predicted octanol–water partition coefficient (Wildman–Crippen LogP) is 7.58. The Morgan fingerprint density at radius 1 is 0.857 bits per heavy atom. The van der Waals surface area contributed by atoms with E-state index in [1.54, 1.807) is 4.68 Å². The number of benzene rings is 3. The second-order valence-corrected chi connectivity index (χ2v) is 12.1. The van der Waals surface area contributed by atoms with Crippen molar-refractivity contribution in [2.75, 3.05) is 5.32 Å². The van der Waals surface area contributed by atoms with Crippen LogP contribution in [0.4, 0.5) is 5.82 Å². The first-order chi connectivity index (χ1) is 20.2. The van der Waals surface area contributed by atoms with Crippen molar-refractivity contribution in [3.63, 3.8) is 0 Å². The first kappa shape index (κ1) is 30.8. The third-order valence-corrected chi connectivity index (χ3v) is 7.51. The van der Waals surface area contributed by atoms with Gasteiger partial charge in [-0.15, -0.1) is 0 Å². The van der Waals surface area contributed by atoms with E-state index >= 15 is 0 Å². The summed E-state index contributed by atoms with van der Waals surface area (Å²) in [6, 6.07) is 26.6. The fourth-order valence-corrected chi connectivity index (χ4v) is 4.91. The highest BCUT2D eigenvalue weighted by Gasteiger charge is 2.26. The normalized spacial score (nSPS) is 12.1. The van der Waals surface area contributed by atoms with Crippen LogP contribution in [-0.4, -0.2) is 27.6 Å². The lowest BCUT2D eigenvalue weighted by Crippen LogP contribution is -2.45. The van der Waals surface area contributed by atoms with E-state index in [0.29, 0.717) is 17.8 Å². The van der Waals surface area contributed by atoms with E-state index in [1.807, 2.05) is 91.9 Å². The van der Waals surface area contributed by atoms with Gasteiger partial charge in [-0.25, -0.2) is 4.68 Å². The van der Waals surface area contributed by atoms with Gasteiger partial charge in [0.25, 0.3) is 5.91 Å². The van der Waals surface area contributed by atoms with E-state index in [1.165, 1.54) is 24.8 Å². The van der Waals surface area contributed by atoms with Crippen LogP contribution in [0.25, 0.3) is 5.69 Å². The minimum atomic E-state index is -0.785. The number of nitrogens with zero attached hydrogens (tertiary/aromatic N) is 2. The molecule has 0 radical (unpaired) electrons. The highest BCUT2D eigenvalue weighted by Crippen LogP contribution is 2.27. The molecule has 220 valence electrons. The summed E-state index contributed by atoms with van der Waals surface area (Å²) in [5.41, 5.74) is 5.30. The average Bonchev–Trinajstić information content (AvgIpc) is 3.40. The highest BCUT2D eigenvalue weighted by molar-refractivity contribution is 6.01. The molecule has 1 aromatic heterocycles. The summed E-state index contributed by atoms with van der Waals surface area (Å²) >= 11 is 0. The maximum absolute atomic E-state index is 13.9. The van der Waals surface area contributed by atoms with Crippen molar-refractivity contribution in [1.29, 1.82) is 0 Å². The Kier molecular flexibility index (Phi) is 10.3. The van der Waals surface area contributed by atoms with Crippen molar-refractivity contribution >= 4 is 17.6 Å². The minimum absolute atomic E-state index is 0.215. The summed E-state index contributed by atoms with van der Waals surface area (Å²) in [5, 5.41) is 11.0. The van der Waals surface area contributed by atoms with Gasteiger partial charge < -0.3 is 10.6 Å². The molecule has 0 aliphatic carbocycles. The van der Waals surface area contributed by atoms with E-state index in [-0.39, 0.29) is 17.2 Å². The summed E-state index contributed by atoms with van der Waals surface area (Å²) < 4.78 is 1.79. The zero-order chi connectivity index (χ0) is 30.1. The van der Waals surface area contributed by atoms with E-state index in [2.05, 4.69) is 38.3 Å². The highest BCUT2D eigenvalue weighted by atomic mass is 16.2. The van der Waals surface area contributed by atoms with Crippen molar-refractivity contribution in [2.45, 2.75) is 84.6 Å². The Labute approximate surface area is 250 Å². The molecule has 0 bridgehead atoms. The Bertz CT molecular complexity index is 1470. The quantitative estimate of drug-likeness (QED) is 0.174. The SMILES string of the molecule is CCCCCCc1ccc(C(=O)NC(Cc2ccccc2)C(=O)Nc2cc(C(C)(C)C)nn2-c2ccccc2C)cc1. The predicted molar refractivity (Wildman–Crippen MR) is 171 cm³/mol. The van der Waals surface area contributed by atoms with Crippen LogP contribution in [-0.2, 0) is 23.1 Å². The standard InChI is InChI=1S/C36H44N4O2/c1-6-7-8-10-16-27-20-22-29(23-21-27)34(41)37-30(24-28-17-11-9-12-18-28)35(42)38-33-25-32(36(3,4)5)39-40(33)31-19-14-13-15-26(31)2/h9,11-15,17-23,25,30H,6-8,10,16,24H2,1-5H3,(H,37,41)(H,38,42). The van der Waals surface area contributed by atoms with Crippen molar-refractivity contribution in [3.05, 3.63) is 113 Å². The minimum Gasteiger partial charge on any atom is -0.340 e. The molecule has 0 saturated heterocycles. The summed E-state index contributed by atoms with van der Waals surface area (Å²) in [5.74, 6) is 0.000286. The van der Waals surface area contributed by atoms with Crippen LogP contribution in [0.3, 0.4) is 0 Å². The van der Waals surface area contributed by atoms with E-state index in [9.17, 15) is 9.59 Å². The summed E-state index contributed by atoms with van der Waals surface area (Å²) in [6.07, 6.45) is 6.19. The van der Waals surface area contributed by atoms with Gasteiger partial charge >= 0.3 is 0 Å². The molecule has 0 aliphatic heterocycles. The molecule has 4 aromatic rings. The fraction of sp³-hybridized carbons (Fsp3) is 0.361. The van der Waals surface area contributed by atoms with Crippen molar-refractivity contribution in [1.82, 2.24) is 15.1 Å². The van der Waals surface area contributed by atoms with Crippen molar-refractivity contribution < 1.29 is 9.59 Å². The molecule has 6 nitrogen and oxygen atoms in total. The van der Waals surface area contributed by atoms with Crippen LogP contribution in [0.2, 0.25) is 0 Å². The fourth-order valence-electron chi connectivity index (χ4n) is 4.91. The van der Waals surface area contributed by atoms with Gasteiger partial charge in [0.2, 0.25) is 5.91 Å². The maximum atomic E-state index is 13.9. The largest absolute Gasteiger partial charge is 0.340 e. The van der Waals surface area contributed by atoms with Crippen LogP contribution in [0.5, 0.6) is 0 Å². The number of unbranched alkanes of at least 4 members (excludes halogenated alkanes) is 3. The number of para-hydroxylation sites is 1. The van der Waals surface area contributed by atoms with Crippen LogP contribution in [0.1, 0.15) is 86.1 Å². The van der Waals surface area contributed by atoms with Gasteiger partial charge in [-0.05, 0) is 54.7 Å². The number of hydrogen-bond acceptors (Lipinski definition) is 3. The monoisotopic (exact) mass is 564 g/mol. The molecule has 42 heavy (non-hydrogen) atoms. The molecule has 0 fully saturated rings. The average molecular weight is 565 g/mol. The number of aryl methyl sites for hydroxylation is 2. The molecule has 1 unspecified atom stereocenters. The van der Waals surface area contributed by atoms with Gasteiger partial charge in [0, 0.05) is 23.5 Å².